The number of hydrogen-bond donors (Lipinski definition) is 0. The number of hydrogen-bond acceptors (Lipinski definition) is 3. The summed E-state index contributed by atoms with van der Waals surface area (Å²) in [6.07, 6.45) is 2.73. The SMILES string of the molecule is Cc1nc(C)n([C@@H]2CCCN(C(=O)[C@@H]3C[C@@H]3c3ccccc3F)C2)n1. The number of aromatic nitrogens is 3. The number of amides is 1. The van der Waals surface area contributed by atoms with Gasteiger partial charge in [-0.15, -0.1) is 0 Å². The van der Waals surface area contributed by atoms with Gasteiger partial charge in [0.25, 0.3) is 0 Å². The molecule has 1 saturated carbocycles. The lowest BCUT2D eigenvalue weighted by atomic mass is 10.0. The number of benzene rings is 1. The Bertz CT molecular complexity index is 802. The van der Waals surface area contributed by atoms with Crippen LogP contribution < -0.4 is 0 Å². The number of rotatable bonds is 3. The van der Waals surface area contributed by atoms with E-state index in [9.17, 15) is 9.18 Å². The molecule has 3 atom stereocenters. The molecular formula is C19H23FN4O. The van der Waals surface area contributed by atoms with Gasteiger partial charge < -0.3 is 4.90 Å². The molecule has 2 aromatic rings. The molecule has 1 saturated heterocycles. The molecule has 0 spiro atoms. The molecule has 1 amide bonds. The van der Waals surface area contributed by atoms with Crippen molar-refractivity contribution in [1.29, 1.82) is 0 Å². The second-order valence-corrected chi connectivity index (χ2v) is 7.20. The molecule has 132 valence electrons. The van der Waals surface area contributed by atoms with Crippen molar-refractivity contribution in [1.82, 2.24) is 19.7 Å². The van der Waals surface area contributed by atoms with Crippen LogP contribution in [0.25, 0.3) is 0 Å². The highest BCUT2D eigenvalue weighted by Crippen LogP contribution is 2.49. The van der Waals surface area contributed by atoms with Gasteiger partial charge in [-0.25, -0.2) is 14.1 Å². The summed E-state index contributed by atoms with van der Waals surface area (Å²) in [5.41, 5.74) is 0.678. The van der Waals surface area contributed by atoms with Crippen molar-refractivity contribution in [2.24, 2.45) is 5.92 Å². The molecule has 0 unspecified atom stereocenters. The van der Waals surface area contributed by atoms with Gasteiger partial charge in [0, 0.05) is 19.0 Å². The normalized spacial score (nSPS) is 25.9. The molecular weight excluding hydrogens is 319 g/mol. The molecule has 1 aliphatic heterocycles. The second kappa shape index (κ2) is 6.24. The van der Waals surface area contributed by atoms with Gasteiger partial charge in [0.2, 0.25) is 5.91 Å². The Morgan fingerprint density at radius 3 is 2.80 bits per heavy atom. The lowest BCUT2D eigenvalue weighted by molar-refractivity contribution is -0.134. The molecule has 6 heteroatoms. The van der Waals surface area contributed by atoms with E-state index in [2.05, 4.69) is 10.1 Å². The minimum Gasteiger partial charge on any atom is -0.340 e. The van der Waals surface area contributed by atoms with Gasteiger partial charge in [0.05, 0.1) is 6.04 Å². The van der Waals surface area contributed by atoms with Crippen LogP contribution in [0.4, 0.5) is 4.39 Å². The lowest BCUT2D eigenvalue weighted by Gasteiger charge is -2.33. The maximum atomic E-state index is 13.9. The first kappa shape index (κ1) is 16.2. The van der Waals surface area contributed by atoms with E-state index in [0.717, 1.165) is 37.5 Å². The average molecular weight is 342 g/mol. The van der Waals surface area contributed by atoms with Gasteiger partial charge in [-0.05, 0) is 50.7 Å². The zero-order valence-electron chi connectivity index (χ0n) is 14.7. The van der Waals surface area contributed by atoms with Crippen LogP contribution in [0.5, 0.6) is 0 Å². The molecule has 0 N–H and O–H groups in total. The number of nitrogens with zero attached hydrogens (tertiary/aromatic N) is 4. The van der Waals surface area contributed by atoms with Crippen LogP contribution in [0.3, 0.4) is 0 Å². The van der Waals surface area contributed by atoms with Gasteiger partial charge >= 0.3 is 0 Å². The van der Waals surface area contributed by atoms with E-state index in [4.69, 9.17) is 0 Å². The summed E-state index contributed by atoms with van der Waals surface area (Å²) >= 11 is 0. The molecule has 2 heterocycles. The van der Waals surface area contributed by atoms with Crippen molar-refractivity contribution in [2.45, 2.75) is 45.1 Å². The molecule has 1 aromatic carbocycles. The zero-order chi connectivity index (χ0) is 17.6. The summed E-state index contributed by atoms with van der Waals surface area (Å²) in [5, 5.41) is 4.48. The van der Waals surface area contributed by atoms with Gasteiger partial charge in [-0.1, -0.05) is 18.2 Å². The van der Waals surface area contributed by atoms with Crippen LogP contribution in [0, 0.1) is 25.6 Å². The Balaban J connectivity index is 1.45. The van der Waals surface area contributed by atoms with Crippen LogP contribution in [0.1, 0.15) is 48.4 Å². The van der Waals surface area contributed by atoms with Crippen molar-refractivity contribution >= 4 is 5.91 Å². The predicted octanol–water partition coefficient (Wildman–Crippen LogP) is 3.00. The first-order valence-corrected chi connectivity index (χ1v) is 8.97. The first-order chi connectivity index (χ1) is 12.0. The third kappa shape index (κ3) is 3.05. The average Bonchev–Trinajstić information content (AvgIpc) is 3.32. The quantitative estimate of drug-likeness (QED) is 0.862. The maximum absolute atomic E-state index is 13.9. The highest BCUT2D eigenvalue weighted by Gasteiger charge is 2.47. The van der Waals surface area contributed by atoms with Crippen LogP contribution >= 0.6 is 0 Å². The van der Waals surface area contributed by atoms with E-state index in [0.29, 0.717) is 12.1 Å². The maximum Gasteiger partial charge on any atom is 0.226 e. The first-order valence-electron chi connectivity index (χ1n) is 8.97. The monoisotopic (exact) mass is 342 g/mol. The fraction of sp³-hybridized carbons (Fsp3) is 0.526. The van der Waals surface area contributed by atoms with Crippen molar-refractivity contribution in [3.05, 3.63) is 47.3 Å². The second-order valence-electron chi connectivity index (χ2n) is 7.20. The number of carbonyl (C=O) groups excluding carboxylic acids is 1. The van der Waals surface area contributed by atoms with Gasteiger partial charge in [-0.2, -0.15) is 5.10 Å². The Morgan fingerprint density at radius 2 is 2.08 bits per heavy atom. The van der Waals surface area contributed by atoms with Gasteiger partial charge in [0.1, 0.15) is 17.5 Å². The lowest BCUT2D eigenvalue weighted by Crippen LogP contribution is -2.42. The Kier molecular flexibility index (Phi) is 4.06. The van der Waals surface area contributed by atoms with Crippen LogP contribution in [-0.4, -0.2) is 38.7 Å². The molecule has 1 aromatic heterocycles. The topological polar surface area (TPSA) is 51.0 Å². The minimum absolute atomic E-state index is 0.0319. The molecule has 25 heavy (non-hydrogen) atoms. The number of carbonyl (C=O) groups is 1. The van der Waals surface area contributed by atoms with Crippen molar-refractivity contribution in [3.63, 3.8) is 0 Å². The smallest absolute Gasteiger partial charge is 0.226 e. The van der Waals surface area contributed by atoms with Crippen molar-refractivity contribution in [3.8, 4) is 0 Å². The van der Waals surface area contributed by atoms with Crippen molar-refractivity contribution in [2.75, 3.05) is 13.1 Å². The summed E-state index contributed by atoms with van der Waals surface area (Å²) in [6, 6.07) is 6.99. The van der Waals surface area contributed by atoms with E-state index in [1.807, 2.05) is 29.5 Å². The summed E-state index contributed by atoms with van der Waals surface area (Å²) in [4.78, 5) is 19.2. The third-order valence-corrected chi connectivity index (χ3v) is 5.37. The molecule has 0 bridgehead atoms. The summed E-state index contributed by atoms with van der Waals surface area (Å²) in [6.45, 7) is 5.29. The van der Waals surface area contributed by atoms with Gasteiger partial charge in [-0.3, -0.25) is 4.79 Å². The van der Waals surface area contributed by atoms with E-state index in [1.54, 1.807) is 12.1 Å². The van der Waals surface area contributed by atoms with Crippen LogP contribution in [-0.2, 0) is 4.79 Å². The highest BCUT2D eigenvalue weighted by atomic mass is 19.1. The Morgan fingerprint density at radius 1 is 1.28 bits per heavy atom. The van der Waals surface area contributed by atoms with Gasteiger partial charge in [0.15, 0.2) is 0 Å². The van der Waals surface area contributed by atoms with Crippen LogP contribution in [0.2, 0.25) is 0 Å². The van der Waals surface area contributed by atoms with Crippen molar-refractivity contribution < 1.29 is 9.18 Å². The number of halogens is 1. The number of likely N-dealkylation sites (tertiary alicyclic amines) is 1. The van der Waals surface area contributed by atoms with E-state index >= 15 is 0 Å². The predicted molar refractivity (Wildman–Crippen MR) is 91.6 cm³/mol. The molecule has 5 nitrogen and oxygen atoms in total. The summed E-state index contributed by atoms with van der Waals surface area (Å²) in [7, 11) is 0. The Hall–Kier alpha value is -2.24. The highest BCUT2D eigenvalue weighted by molar-refractivity contribution is 5.83. The summed E-state index contributed by atoms with van der Waals surface area (Å²) in [5.74, 6) is 1.58. The molecule has 4 rings (SSSR count). The van der Waals surface area contributed by atoms with Crippen LogP contribution in [0.15, 0.2) is 24.3 Å². The fourth-order valence-electron chi connectivity index (χ4n) is 4.06. The van der Waals surface area contributed by atoms with E-state index < -0.39 is 0 Å². The number of piperidine rings is 1. The number of aryl methyl sites for hydroxylation is 2. The third-order valence-electron chi connectivity index (χ3n) is 5.37. The molecule has 2 fully saturated rings. The fourth-order valence-corrected chi connectivity index (χ4v) is 4.06. The minimum atomic E-state index is -0.201. The zero-order valence-corrected chi connectivity index (χ0v) is 14.7. The Labute approximate surface area is 146 Å². The largest absolute Gasteiger partial charge is 0.340 e. The standard InChI is InChI=1S/C19H23FN4O/c1-12-21-13(2)24(22-12)14-6-5-9-23(11-14)19(25)17-10-16(17)15-7-3-4-8-18(15)20/h3-4,7-8,14,16-17H,5-6,9-11H2,1-2H3/t14-,16-,17-/m1/s1. The van der Waals surface area contributed by atoms with E-state index in [-0.39, 0.29) is 29.6 Å². The molecule has 1 aliphatic carbocycles. The summed E-state index contributed by atoms with van der Waals surface area (Å²) < 4.78 is 15.9. The molecule has 0 radical (unpaired) electrons. The molecule has 2 aliphatic rings. The van der Waals surface area contributed by atoms with E-state index in [1.165, 1.54) is 6.07 Å².